The van der Waals surface area contributed by atoms with Gasteiger partial charge in [0.1, 0.15) is 0 Å². The Bertz CT molecular complexity index is 792. The highest BCUT2D eigenvalue weighted by atomic mass is 32.1. The maximum atomic E-state index is 11.8. The van der Waals surface area contributed by atoms with Crippen LogP contribution in [-0.4, -0.2) is 37.0 Å². The highest BCUT2D eigenvalue weighted by molar-refractivity contribution is 7.13. The molecule has 2 heterocycles. The van der Waals surface area contributed by atoms with Crippen LogP contribution in [0.25, 0.3) is 10.7 Å². The number of carboxylic acids is 1. The van der Waals surface area contributed by atoms with Crippen molar-refractivity contribution in [1.29, 1.82) is 0 Å². The summed E-state index contributed by atoms with van der Waals surface area (Å²) in [6.45, 7) is 0. The van der Waals surface area contributed by atoms with Gasteiger partial charge in [-0.15, -0.1) is 11.3 Å². The maximum absolute atomic E-state index is 11.8. The monoisotopic (exact) mass is 312 g/mol. The van der Waals surface area contributed by atoms with E-state index in [1.54, 1.807) is 0 Å². The van der Waals surface area contributed by atoms with E-state index in [2.05, 4.69) is 9.72 Å². The Morgan fingerprint density at radius 3 is 2.62 bits per heavy atom. The molecule has 0 atom stereocenters. The number of ether oxygens (including phenoxy) is 1. The van der Waals surface area contributed by atoms with Gasteiger partial charge in [0.05, 0.1) is 10.4 Å². The van der Waals surface area contributed by atoms with E-state index in [1.807, 2.05) is 0 Å². The molecule has 3 N–H and O–H groups in total. The molecule has 9 nitrogen and oxygen atoms in total. The minimum absolute atomic E-state index is 0.102. The third kappa shape index (κ3) is 2.56. The Labute approximate surface area is 120 Å². The van der Waals surface area contributed by atoms with Crippen molar-refractivity contribution in [2.45, 2.75) is 0 Å². The summed E-state index contributed by atoms with van der Waals surface area (Å²) in [6, 6.07) is 1.32. The third-order valence-corrected chi connectivity index (χ3v) is 3.43. The molecule has 0 amide bonds. The van der Waals surface area contributed by atoms with Gasteiger partial charge in [-0.25, -0.2) is 9.59 Å². The van der Waals surface area contributed by atoms with Crippen molar-refractivity contribution in [3.63, 3.8) is 0 Å². The number of aromatic hydroxyl groups is 1. The molecule has 0 aliphatic heterocycles. The lowest BCUT2D eigenvalue weighted by atomic mass is 10.2. The van der Waals surface area contributed by atoms with Crippen LogP contribution in [0.3, 0.4) is 0 Å². The van der Waals surface area contributed by atoms with Crippen LogP contribution < -0.4 is 10.3 Å². The first-order valence-corrected chi connectivity index (χ1v) is 6.22. The van der Waals surface area contributed by atoms with Gasteiger partial charge in [0, 0.05) is 7.05 Å². The number of thiophene rings is 1. The zero-order valence-corrected chi connectivity index (χ0v) is 11.2. The number of hydrogen-bond donors (Lipinski definition) is 3. The summed E-state index contributed by atoms with van der Waals surface area (Å²) < 4.78 is 5.12. The van der Waals surface area contributed by atoms with Crippen LogP contribution in [0, 0.1) is 0 Å². The predicted molar refractivity (Wildman–Crippen MR) is 70.1 cm³/mol. The highest BCUT2D eigenvalue weighted by Gasteiger charge is 2.22. The van der Waals surface area contributed by atoms with Crippen LogP contribution in [0.1, 0.15) is 10.4 Å². The van der Waals surface area contributed by atoms with Gasteiger partial charge in [-0.3, -0.25) is 9.36 Å². The molecule has 21 heavy (non-hydrogen) atoms. The number of carbonyl (C=O) groups is 2. The Hall–Kier alpha value is -2.88. The van der Waals surface area contributed by atoms with Crippen molar-refractivity contribution in [1.82, 2.24) is 9.55 Å². The molecule has 2 aromatic heterocycles. The number of aromatic nitrogens is 2. The van der Waals surface area contributed by atoms with Crippen LogP contribution >= 0.6 is 11.3 Å². The lowest BCUT2D eigenvalue weighted by Gasteiger charge is -2.09. The first-order valence-electron chi connectivity index (χ1n) is 5.34. The summed E-state index contributed by atoms with van der Waals surface area (Å²) in [5.74, 6) is -3.13. The van der Waals surface area contributed by atoms with Crippen LogP contribution in [-0.2, 0) is 7.05 Å². The van der Waals surface area contributed by atoms with Crippen molar-refractivity contribution >= 4 is 23.5 Å². The molecule has 0 saturated carbocycles. The van der Waals surface area contributed by atoms with E-state index in [9.17, 15) is 19.5 Å². The Morgan fingerprint density at radius 2 is 2.05 bits per heavy atom. The summed E-state index contributed by atoms with van der Waals surface area (Å²) in [6.07, 6.45) is -1.76. The first-order chi connectivity index (χ1) is 9.82. The molecule has 0 aliphatic carbocycles. The number of aromatic carboxylic acids is 1. The average Bonchev–Trinajstić information content (AvgIpc) is 2.88. The average molecular weight is 312 g/mol. The van der Waals surface area contributed by atoms with Gasteiger partial charge in [-0.1, -0.05) is 0 Å². The van der Waals surface area contributed by atoms with Crippen molar-refractivity contribution in [2.75, 3.05) is 0 Å². The minimum atomic E-state index is -1.76. The number of rotatable bonds is 3. The summed E-state index contributed by atoms with van der Waals surface area (Å²) in [7, 11) is 1.26. The number of nitrogens with zero attached hydrogens (tertiary/aromatic N) is 2. The molecule has 2 aromatic rings. The fourth-order valence-electron chi connectivity index (χ4n) is 1.58. The molecular formula is C11H8N2O7S. The quantitative estimate of drug-likeness (QED) is 0.712. The molecule has 0 aliphatic rings. The van der Waals surface area contributed by atoms with Crippen LogP contribution in [0.15, 0.2) is 16.2 Å². The normalized spacial score (nSPS) is 10.3. The van der Waals surface area contributed by atoms with Crippen molar-refractivity contribution in [3.05, 3.63) is 27.4 Å². The summed E-state index contributed by atoms with van der Waals surface area (Å²) in [4.78, 5) is 37.3. The van der Waals surface area contributed by atoms with Crippen molar-refractivity contribution in [2.24, 2.45) is 7.05 Å². The van der Waals surface area contributed by atoms with Crippen LogP contribution in [0.4, 0.5) is 4.79 Å². The summed E-state index contributed by atoms with van der Waals surface area (Å²) >= 11 is 1.000. The smallest absolute Gasteiger partial charge is 0.499 e. The Morgan fingerprint density at radius 1 is 1.38 bits per heavy atom. The second kappa shape index (κ2) is 5.25. The molecule has 0 unspecified atom stereocenters. The molecule has 10 heteroatoms. The molecule has 0 saturated heterocycles. The maximum Gasteiger partial charge on any atom is 0.512 e. The van der Waals surface area contributed by atoms with E-state index in [1.165, 1.54) is 18.5 Å². The van der Waals surface area contributed by atoms with E-state index >= 15 is 0 Å². The molecule has 0 radical (unpaired) electrons. The molecule has 110 valence electrons. The molecule has 0 spiro atoms. The van der Waals surface area contributed by atoms with Crippen molar-refractivity contribution < 1.29 is 29.6 Å². The Kier molecular flexibility index (Phi) is 3.63. The largest absolute Gasteiger partial charge is 0.512 e. The van der Waals surface area contributed by atoms with Gasteiger partial charge < -0.3 is 20.1 Å². The first kappa shape index (κ1) is 14.5. The molecular weight excluding hydrogens is 304 g/mol. The lowest BCUT2D eigenvalue weighted by Crippen LogP contribution is -2.21. The van der Waals surface area contributed by atoms with Gasteiger partial charge in [0.2, 0.25) is 5.75 Å². The molecule has 0 aromatic carbocycles. The molecule has 0 fully saturated rings. The molecule has 0 bridgehead atoms. The summed E-state index contributed by atoms with van der Waals surface area (Å²) in [5, 5.41) is 28.6. The van der Waals surface area contributed by atoms with E-state index in [0.29, 0.717) is 0 Å². The van der Waals surface area contributed by atoms with Gasteiger partial charge in [-0.05, 0) is 11.4 Å². The fourth-order valence-corrected chi connectivity index (χ4v) is 2.49. The van der Waals surface area contributed by atoms with E-state index in [0.717, 1.165) is 15.9 Å². The minimum Gasteiger partial charge on any atom is -0.499 e. The molecule has 2 rings (SSSR count). The van der Waals surface area contributed by atoms with E-state index in [-0.39, 0.29) is 16.3 Å². The SMILES string of the molecule is Cn1c(-c2sccc2C(=O)O)nc(OC(=O)O)c(O)c1=O. The Balaban J connectivity index is 2.72. The van der Waals surface area contributed by atoms with E-state index in [4.69, 9.17) is 10.2 Å². The topological polar surface area (TPSA) is 139 Å². The second-order valence-corrected chi connectivity index (χ2v) is 4.71. The van der Waals surface area contributed by atoms with Crippen LogP contribution in [0.5, 0.6) is 11.6 Å². The lowest BCUT2D eigenvalue weighted by molar-refractivity contribution is 0.0698. The zero-order chi connectivity index (χ0) is 15.7. The van der Waals surface area contributed by atoms with Gasteiger partial charge in [0.25, 0.3) is 11.4 Å². The second-order valence-electron chi connectivity index (χ2n) is 3.79. The van der Waals surface area contributed by atoms with Crippen molar-refractivity contribution in [3.8, 4) is 22.3 Å². The zero-order valence-electron chi connectivity index (χ0n) is 10.4. The van der Waals surface area contributed by atoms with Gasteiger partial charge >= 0.3 is 12.1 Å². The standard InChI is InChI=1S/C11H8N2O7S/c1-13-7(6-4(10(16)17)2-3-21-6)12-8(20-11(18)19)5(14)9(13)15/h2-3,14H,1H3,(H,16,17)(H,18,19). The van der Waals surface area contributed by atoms with E-state index < -0.39 is 29.3 Å². The third-order valence-electron chi connectivity index (χ3n) is 2.52. The van der Waals surface area contributed by atoms with Gasteiger partial charge in [-0.2, -0.15) is 4.98 Å². The predicted octanol–water partition coefficient (Wildman–Crippen LogP) is 0.969. The summed E-state index contributed by atoms with van der Waals surface area (Å²) in [5.41, 5.74) is -1.06. The fraction of sp³-hybridized carbons (Fsp3) is 0.0909. The van der Waals surface area contributed by atoms with Crippen LogP contribution in [0.2, 0.25) is 0 Å². The number of carboxylic acid groups (broad SMARTS) is 2. The van der Waals surface area contributed by atoms with Gasteiger partial charge in [0.15, 0.2) is 5.82 Å². The number of hydrogen-bond acceptors (Lipinski definition) is 7. The highest BCUT2D eigenvalue weighted by Crippen LogP contribution is 2.30.